The Morgan fingerprint density at radius 2 is 0.885 bits per heavy atom. The van der Waals surface area contributed by atoms with Gasteiger partial charge in [0.25, 0.3) is 6.71 Å². The molecule has 3 nitrogen and oxygen atoms in total. The van der Waals surface area contributed by atoms with Gasteiger partial charge in [-0.1, -0.05) is 156 Å². The molecule has 302 valence electrons. The molecule has 2 aliphatic rings. The topological polar surface area (TPSA) is 22.8 Å². The van der Waals surface area contributed by atoms with Crippen molar-refractivity contribution in [3.8, 4) is 33.9 Å². The van der Waals surface area contributed by atoms with Crippen LogP contribution in [-0.4, -0.2) is 20.8 Å². The van der Waals surface area contributed by atoms with Crippen molar-refractivity contribution >= 4 is 66.7 Å². The monoisotopic (exact) mass is 793 g/mol. The van der Waals surface area contributed by atoms with E-state index in [0.717, 1.165) is 22.5 Å². The van der Waals surface area contributed by atoms with Crippen LogP contribution in [0.15, 0.2) is 121 Å². The van der Waals surface area contributed by atoms with E-state index in [1.165, 1.54) is 93.6 Å². The summed E-state index contributed by atoms with van der Waals surface area (Å²) >= 11 is 0. The van der Waals surface area contributed by atoms with Crippen molar-refractivity contribution in [1.82, 2.24) is 14.1 Å². The van der Waals surface area contributed by atoms with E-state index < -0.39 is 0 Å². The number of benzene rings is 6. The maximum atomic E-state index is 5.41. The Bertz CT molecular complexity index is 3150. The zero-order chi connectivity index (χ0) is 42.7. The molecule has 0 saturated heterocycles. The summed E-state index contributed by atoms with van der Waals surface area (Å²) in [5.74, 6) is 0. The molecule has 2 aliphatic heterocycles. The van der Waals surface area contributed by atoms with Gasteiger partial charge < -0.3 is 9.13 Å². The fourth-order valence-electron chi connectivity index (χ4n) is 10.8. The summed E-state index contributed by atoms with van der Waals surface area (Å²) in [4.78, 5) is 5.41. The maximum Gasteiger partial charge on any atom is 0.252 e. The predicted octanol–water partition coefficient (Wildman–Crippen LogP) is 12.9. The summed E-state index contributed by atoms with van der Waals surface area (Å²) in [5, 5.41) is 5.45. The molecule has 0 atom stereocenters. The Labute approximate surface area is 361 Å². The first-order chi connectivity index (χ1) is 28.8. The van der Waals surface area contributed by atoms with Crippen LogP contribution >= 0.6 is 0 Å². The zero-order valence-corrected chi connectivity index (χ0v) is 38.0. The number of hydrogen-bond donors (Lipinski definition) is 0. The molecule has 61 heavy (non-hydrogen) atoms. The van der Waals surface area contributed by atoms with Gasteiger partial charge in [-0.05, 0) is 109 Å². The molecule has 0 aliphatic carbocycles. The average Bonchev–Trinajstić information content (AvgIpc) is 3.74. The fraction of sp³-hybridized carbons (Fsp3) is 0.281. The number of hydrogen-bond acceptors (Lipinski definition) is 1. The number of rotatable bonds is 2. The standard InChI is InChI=1S/C57H56BN3/c1-54(2,3)35-21-27-45-37(31-35)49-39(56(7,8)9)23-25-41-52(49)60(45)47-29-34(44-20-16-19-43(59-44)33-17-14-13-15-18-33)30-48-51(47)58(41)42-26-24-40(57(10,11)12)50-38-32-36(55(4,5)6)22-28-46(38)61(48)53(42)50/h13-32H,1-12H3. The third-order valence-electron chi connectivity index (χ3n) is 13.9. The van der Waals surface area contributed by atoms with Gasteiger partial charge in [0, 0.05) is 55.1 Å². The SMILES string of the molecule is CC(C)(C)c1ccc2c(c1)c1c(C(C)(C)C)ccc3c1n2-c1cc(-c2cccc(-c4ccccc4)n2)cc2c1B3c1ccc(C(C)(C)C)c3c4cc(C(C)(C)C)ccc4n-2c13. The smallest absolute Gasteiger partial charge is 0.252 e. The van der Waals surface area contributed by atoms with Crippen LogP contribution < -0.4 is 16.4 Å². The van der Waals surface area contributed by atoms with Gasteiger partial charge in [-0.3, -0.25) is 0 Å². The predicted molar refractivity (Wildman–Crippen MR) is 263 cm³/mol. The van der Waals surface area contributed by atoms with Crippen LogP contribution in [0.4, 0.5) is 0 Å². The molecule has 3 aromatic heterocycles. The highest BCUT2D eigenvalue weighted by atomic mass is 15.0. The Morgan fingerprint density at radius 1 is 0.426 bits per heavy atom. The van der Waals surface area contributed by atoms with Crippen LogP contribution in [0.3, 0.4) is 0 Å². The number of nitrogens with zero attached hydrogens (tertiary/aromatic N) is 3. The first kappa shape index (κ1) is 38.1. The van der Waals surface area contributed by atoms with Crippen LogP contribution in [-0.2, 0) is 21.7 Å². The molecular formula is C57H56BN3. The molecule has 0 saturated carbocycles. The third kappa shape index (κ3) is 5.46. The van der Waals surface area contributed by atoms with E-state index in [4.69, 9.17) is 4.98 Å². The van der Waals surface area contributed by atoms with E-state index >= 15 is 0 Å². The van der Waals surface area contributed by atoms with Gasteiger partial charge in [-0.25, -0.2) is 4.98 Å². The van der Waals surface area contributed by atoms with E-state index in [-0.39, 0.29) is 28.4 Å². The Hall–Kier alpha value is -5.87. The number of fused-ring (bicyclic) bond motifs is 10. The van der Waals surface area contributed by atoms with Crippen molar-refractivity contribution < 1.29 is 0 Å². The minimum absolute atomic E-state index is 0.0132. The molecule has 6 aromatic carbocycles. The Kier molecular flexibility index (Phi) is 7.73. The lowest BCUT2D eigenvalue weighted by Gasteiger charge is -2.35. The zero-order valence-electron chi connectivity index (χ0n) is 38.0. The van der Waals surface area contributed by atoms with Crippen LogP contribution in [0.2, 0.25) is 0 Å². The highest BCUT2D eigenvalue weighted by Gasteiger charge is 2.43. The summed E-state index contributed by atoms with van der Waals surface area (Å²) in [6.45, 7) is 28.3. The van der Waals surface area contributed by atoms with Gasteiger partial charge in [-0.15, -0.1) is 0 Å². The van der Waals surface area contributed by atoms with Gasteiger partial charge >= 0.3 is 0 Å². The fourth-order valence-corrected chi connectivity index (χ4v) is 10.8. The molecule has 0 bridgehead atoms. The first-order valence-electron chi connectivity index (χ1n) is 22.3. The number of pyridine rings is 1. The van der Waals surface area contributed by atoms with Crippen molar-refractivity contribution in [2.45, 2.75) is 105 Å². The molecule has 11 rings (SSSR count). The third-order valence-corrected chi connectivity index (χ3v) is 13.9. The summed E-state index contributed by atoms with van der Waals surface area (Å²) < 4.78 is 5.27. The summed E-state index contributed by atoms with van der Waals surface area (Å²) in [5.41, 5.74) is 21.5. The van der Waals surface area contributed by atoms with Gasteiger partial charge in [0.2, 0.25) is 0 Å². The van der Waals surface area contributed by atoms with Crippen molar-refractivity contribution in [3.63, 3.8) is 0 Å². The Balaban J connectivity index is 1.35. The number of aromatic nitrogens is 3. The summed E-state index contributed by atoms with van der Waals surface area (Å²) in [7, 11) is 0. The molecule has 0 fully saturated rings. The highest BCUT2D eigenvalue weighted by Crippen LogP contribution is 2.46. The molecule has 5 heterocycles. The molecule has 0 unspecified atom stereocenters. The van der Waals surface area contributed by atoms with Gasteiger partial charge in [0.15, 0.2) is 0 Å². The lowest BCUT2D eigenvalue weighted by Crippen LogP contribution is -2.59. The van der Waals surface area contributed by atoms with Crippen LogP contribution in [0.1, 0.15) is 105 Å². The van der Waals surface area contributed by atoms with Crippen LogP contribution in [0, 0.1) is 0 Å². The molecule has 0 radical (unpaired) electrons. The largest absolute Gasteiger partial charge is 0.310 e. The Morgan fingerprint density at radius 3 is 1.33 bits per heavy atom. The van der Waals surface area contributed by atoms with Gasteiger partial charge in [0.05, 0.1) is 22.4 Å². The van der Waals surface area contributed by atoms with E-state index in [2.05, 4.69) is 214 Å². The second kappa shape index (κ2) is 12.4. The van der Waals surface area contributed by atoms with Gasteiger partial charge in [0.1, 0.15) is 0 Å². The van der Waals surface area contributed by atoms with E-state index in [9.17, 15) is 0 Å². The minimum Gasteiger partial charge on any atom is -0.310 e. The molecule has 9 aromatic rings. The highest BCUT2D eigenvalue weighted by molar-refractivity contribution is 7.00. The van der Waals surface area contributed by atoms with E-state index in [0.29, 0.717) is 0 Å². The molecule has 0 amide bonds. The molecular weight excluding hydrogens is 737 g/mol. The second-order valence-corrected chi connectivity index (χ2v) is 22.1. The van der Waals surface area contributed by atoms with E-state index in [1.54, 1.807) is 0 Å². The van der Waals surface area contributed by atoms with Gasteiger partial charge in [-0.2, -0.15) is 0 Å². The summed E-state index contributed by atoms with van der Waals surface area (Å²) in [6.07, 6.45) is 0. The van der Waals surface area contributed by atoms with Crippen LogP contribution in [0.25, 0.3) is 77.5 Å². The minimum atomic E-state index is -0.0597. The van der Waals surface area contributed by atoms with Crippen molar-refractivity contribution in [2.24, 2.45) is 0 Å². The molecule has 0 spiro atoms. The van der Waals surface area contributed by atoms with Crippen molar-refractivity contribution in [3.05, 3.63) is 144 Å². The quantitative estimate of drug-likeness (QED) is 0.160. The normalized spacial score (nSPS) is 13.9. The van der Waals surface area contributed by atoms with Crippen molar-refractivity contribution in [2.75, 3.05) is 0 Å². The van der Waals surface area contributed by atoms with E-state index in [1.807, 2.05) is 0 Å². The lowest BCUT2D eigenvalue weighted by molar-refractivity contribution is 0.590. The summed E-state index contributed by atoms with van der Waals surface area (Å²) in [6, 6.07) is 46.4. The van der Waals surface area contributed by atoms with Crippen molar-refractivity contribution in [1.29, 1.82) is 0 Å². The molecule has 4 heteroatoms. The average molecular weight is 794 g/mol. The second-order valence-electron chi connectivity index (χ2n) is 22.1. The maximum absolute atomic E-state index is 5.41. The van der Waals surface area contributed by atoms with Crippen LogP contribution in [0.5, 0.6) is 0 Å². The lowest BCUT2D eigenvalue weighted by atomic mass is 9.34. The molecule has 0 N–H and O–H groups in total. The first-order valence-corrected chi connectivity index (χ1v) is 22.3.